The summed E-state index contributed by atoms with van der Waals surface area (Å²) in [6.45, 7) is 0.360. The summed E-state index contributed by atoms with van der Waals surface area (Å²) in [6, 6.07) is 13.8. The van der Waals surface area contributed by atoms with Crippen molar-refractivity contribution in [3.63, 3.8) is 0 Å². The minimum Gasteiger partial charge on any atom is -0.486 e. The second-order valence-corrected chi connectivity index (χ2v) is 9.05. The molecule has 0 fully saturated rings. The molecule has 0 aliphatic carbocycles. The normalized spacial score (nSPS) is 18.8. The van der Waals surface area contributed by atoms with Gasteiger partial charge in [0.2, 0.25) is 0 Å². The molecule has 2 N–H and O–H groups in total. The van der Waals surface area contributed by atoms with Crippen LogP contribution < -0.4 is 19.5 Å². The van der Waals surface area contributed by atoms with Crippen LogP contribution in [0.15, 0.2) is 58.4 Å². The Balaban J connectivity index is 1.14. The smallest absolute Gasteiger partial charge is 0.306 e. The van der Waals surface area contributed by atoms with E-state index in [4.69, 9.17) is 14.2 Å². The second-order valence-electron chi connectivity index (χ2n) is 7.40. The molecule has 2 aromatic carbocycles. The van der Waals surface area contributed by atoms with Crippen molar-refractivity contribution in [2.75, 3.05) is 26.3 Å². The van der Waals surface area contributed by atoms with Crippen molar-refractivity contribution in [1.82, 2.24) is 10.0 Å². The van der Waals surface area contributed by atoms with Crippen LogP contribution in [-0.2, 0) is 24.3 Å². The number of carbonyl (C=O) groups excluding carboxylic acids is 2. The molecule has 2 heterocycles. The van der Waals surface area contributed by atoms with E-state index in [9.17, 15) is 18.0 Å². The van der Waals surface area contributed by atoms with E-state index >= 15 is 0 Å². The Morgan fingerprint density at radius 3 is 2.73 bits per heavy atom. The first-order valence-electron chi connectivity index (χ1n) is 10.4. The molecule has 0 saturated carbocycles. The lowest BCUT2D eigenvalue weighted by Crippen LogP contribution is -2.42. The number of fused-ring (bicyclic) bond motifs is 2. The van der Waals surface area contributed by atoms with E-state index in [1.165, 1.54) is 6.07 Å². The van der Waals surface area contributed by atoms with Crippen molar-refractivity contribution < 1.29 is 32.2 Å². The van der Waals surface area contributed by atoms with Gasteiger partial charge in [-0.2, -0.15) is 0 Å². The van der Waals surface area contributed by atoms with Crippen molar-refractivity contribution in [2.45, 2.75) is 23.8 Å². The highest BCUT2D eigenvalue weighted by atomic mass is 32.2. The Morgan fingerprint density at radius 2 is 1.88 bits per heavy atom. The molecule has 0 saturated heterocycles. The molecule has 2 aliphatic heterocycles. The SMILES string of the molecule is O=C(COC(=O)CCCN=C1NS(=O)(=O)c2ccccc21)NC[C@H]1COc2ccccc2O1. The molecular formula is C22H23N3O7S. The van der Waals surface area contributed by atoms with E-state index < -0.39 is 28.5 Å². The summed E-state index contributed by atoms with van der Waals surface area (Å²) in [7, 11) is -3.59. The van der Waals surface area contributed by atoms with Crippen molar-refractivity contribution >= 4 is 27.7 Å². The third-order valence-electron chi connectivity index (χ3n) is 4.93. The van der Waals surface area contributed by atoms with E-state index in [0.29, 0.717) is 30.1 Å². The summed E-state index contributed by atoms with van der Waals surface area (Å²) >= 11 is 0. The number of rotatable bonds is 8. The van der Waals surface area contributed by atoms with Crippen LogP contribution in [0.5, 0.6) is 11.5 Å². The molecule has 0 radical (unpaired) electrons. The Kier molecular flexibility index (Phi) is 6.78. The molecule has 11 heteroatoms. The van der Waals surface area contributed by atoms with E-state index in [1.807, 2.05) is 12.1 Å². The van der Waals surface area contributed by atoms with Gasteiger partial charge in [0.15, 0.2) is 18.1 Å². The highest BCUT2D eigenvalue weighted by Gasteiger charge is 2.29. The van der Waals surface area contributed by atoms with Crippen molar-refractivity contribution in [3.8, 4) is 11.5 Å². The van der Waals surface area contributed by atoms with Crippen LogP contribution in [0.1, 0.15) is 18.4 Å². The lowest BCUT2D eigenvalue weighted by Gasteiger charge is -2.26. The Hall–Kier alpha value is -3.60. The third-order valence-corrected chi connectivity index (χ3v) is 6.33. The van der Waals surface area contributed by atoms with Gasteiger partial charge in [-0.25, -0.2) is 8.42 Å². The number of benzene rings is 2. The zero-order valence-corrected chi connectivity index (χ0v) is 18.5. The van der Waals surface area contributed by atoms with E-state index in [-0.39, 0.29) is 36.3 Å². The molecule has 0 spiro atoms. The predicted octanol–water partition coefficient (Wildman–Crippen LogP) is 1.00. The van der Waals surface area contributed by atoms with Gasteiger partial charge in [0.25, 0.3) is 15.9 Å². The molecule has 2 aliphatic rings. The lowest BCUT2D eigenvalue weighted by atomic mass is 10.2. The highest BCUT2D eigenvalue weighted by molar-refractivity contribution is 7.90. The fraction of sp³-hybridized carbons (Fsp3) is 0.318. The number of carbonyl (C=O) groups is 2. The van der Waals surface area contributed by atoms with E-state index in [1.54, 1.807) is 30.3 Å². The standard InChI is InChI=1S/C22H23N3O7S/c26-20(24-12-15-13-30-17-7-2-3-8-18(17)32-15)14-31-21(27)10-5-11-23-22-16-6-1-4-9-19(16)33(28,29)25-22/h1-4,6-9,15H,5,10-14H2,(H,23,25)(H,24,26)/t15-/m0/s1. The lowest BCUT2D eigenvalue weighted by molar-refractivity contribution is -0.148. The minimum atomic E-state index is -3.59. The summed E-state index contributed by atoms with van der Waals surface area (Å²) in [5.74, 6) is 0.558. The maximum Gasteiger partial charge on any atom is 0.306 e. The zero-order chi connectivity index (χ0) is 23.3. The molecule has 2 aromatic rings. The average molecular weight is 474 g/mol. The number of para-hydroxylation sites is 2. The topological polar surface area (TPSA) is 132 Å². The number of amides is 1. The summed E-state index contributed by atoms with van der Waals surface area (Å²) in [5, 5.41) is 2.65. The number of esters is 1. The molecule has 4 rings (SSSR count). The van der Waals surface area contributed by atoms with E-state index in [0.717, 1.165) is 0 Å². The van der Waals surface area contributed by atoms with E-state index in [2.05, 4.69) is 15.0 Å². The first-order chi connectivity index (χ1) is 15.9. The zero-order valence-electron chi connectivity index (χ0n) is 17.7. The number of sulfonamides is 1. The summed E-state index contributed by atoms with van der Waals surface area (Å²) in [6.07, 6.45) is 0.0618. The molecule has 10 nitrogen and oxygen atoms in total. The number of aliphatic imine (C=N–C) groups is 1. The van der Waals surface area contributed by atoms with Crippen LogP contribution in [0.2, 0.25) is 0 Å². The van der Waals surface area contributed by atoms with Gasteiger partial charge in [0.1, 0.15) is 18.5 Å². The van der Waals surface area contributed by atoms with Gasteiger partial charge in [-0.05, 0) is 30.7 Å². The highest BCUT2D eigenvalue weighted by Crippen LogP contribution is 2.30. The number of amidine groups is 1. The number of nitrogens with zero attached hydrogens (tertiary/aromatic N) is 1. The summed E-state index contributed by atoms with van der Waals surface area (Å²) in [4.78, 5) is 28.2. The molecule has 0 unspecified atom stereocenters. The number of hydrogen-bond donors (Lipinski definition) is 2. The first kappa shape index (κ1) is 22.6. The van der Waals surface area contributed by atoms with Gasteiger partial charge in [-0.1, -0.05) is 24.3 Å². The molecule has 33 heavy (non-hydrogen) atoms. The third kappa shape index (κ3) is 5.61. The predicted molar refractivity (Wildman–Crippen MR) is 118 cm³/mol. The number of nitrogens with one attached hydrogen (secondary N) is 2. The van der Waals surface area contributed by atoms with Gasteiger partial charge < -0.3 is 19.5 Å². The van der Waals surface area contributed by atoms with Crippen LogP contribution in [0.4, 0.5) is 0 Å². The summed E-state index contributed by atoms with van der Waals surface area (Å²) < 4.78 is 42.8. The second kappa shape index (κ2) is 9.90. The average Bonchev–Trinajstić information content (AvgIpc) is 3.09. The molecule has 1 atom stereocenters. The maximum atomic E-state index is 12.0. The maximum absolute atomic E-state index is 12.0. The monoisotopic (exact) mass is 473 g/mol. The number of hydrogen-bond acceptors (Lipinski definition) is 8. The molecule has 1 amide bonds. The molecule has 0 aromatic heterocycles. The van der Waals surface area contributed by atoms with Gasteiger partial charge in [0, 0.05) is 18.5 Å². The molecule has 174 valence electrons. The van der Waals surface area contributed by atoms with Crippen LogP contribution in [0, 0.1) is 0 Å². The van der Waals surface area contributed by atoms with Gasteiger partial charge in [0.05, 0.1) is 11.4 Å². The Labute approximate surface area is 191 Å². The van der Waals surface area contributed by atoms with Crippen molar-refractivity contribution in [2.24, 2.45) is 4.99 Å². The van der Waals surface area contributed by atoms with Crippen molar-refractivity contribution in [1.29, 1.82) is 0 Å². The minimum absolute atomic E-state index is 0.0504. The Bertz CT molecular complexity index is 1180. The fourth-order valence-electron chi connectivity index (χ4n) is 3.33. The van der Waals surface area contributed by atoms with Gasteiger partial charge >= 0.3 is 5.97 Å². The molecular weight excluding hydrogens is 450 g/mol. The Morgan fingerprint density at radius 1 is 1.12 bits per heavy atom. The number of ether oxygens (including phenoxy) is 3. The fourth-order valence-corrected chi connectivity index (χ4v) is 4.58. The van der Waals surface area contributed by atoms with Crippen LogP contribution in [0.25, 0.3) is 0 Å². The summed E-state index contributed by atoms with van der Waals surface area (Å²) in [5.41, 5.74) is 0.507. The first-order valence-corrected chi connectivity index (χ1v) is 11.9. The largest absolute Gasteiger partial charge is 0.486 e. The van der Waals surface area contributed by atoms with Gasteiger partial charge in [-0.15, -0.1) is 0 Å². The van der Waals surface area contributed by atoms with Gasteiger partial charge in [-0.3, -0.25) is 19.3 Å². The van der Waals surface area contributed by atoms with Crippen LogP contribution in [-0.4, -0.2) is 58.5 Å². The van der Waals surface area contributed by atoms with Crippen LogP contribution in [0.3, 0.4) is 0 Å². The molecule has 0 bridgehead atoms. The van der Waals surface area contributed by atoms with Crippen molar-refractivity contribution in [3.05, 3.63) is 54.1 Å². The quantitative estimate of drug-likeness (QED) is 0.432. The van der Waals surface area contributed by atoms with Crippen LogP contribution >= 0.6 is 0 Å².